The Morgan fingerprint density at radius 3 is 2.00 bits per heavy atom. The summed E-state index contributed by atoms with van der Waals surface area (Å²) in [4.78, 5) is 12.5. The van der Waals surface area contributed by atoms with Crippen LogP contribution in [0.4, 0.5) is 16.2 Å². The quantitative estimate of drug-likeness (QED) is 0.657. The largest absolute Gasteiger partial charge is 0.328 e. The van der Waals surface area contributed by atoms with E-state index >= 15 is 0 Å². The van der Waals surface area contributed by atoms with E-state index in [1.165, 1.54) is 4.90 Å². The molecule has 0 radical (unpaired) electrons. The molecule has 0 saturated heterocycles. The van der Waals surface area contributed by atoms with Crippen molar-refractivity contribution in [3.05, 3.63) is 60.7 Å². The number of alkyl halides is 2. The molecule has 2 amide bonds. The standard InChI is InChI=1S/C14H12Cl2N2O/c15-13(16)18(12-9-5-2-6-10-12)14(19)17-11-7-3-1-4-8-11/h1-10,13H,(H,17,19). The molecule has 2 aromatic rings. The van der Waals surface area contributed by atoms with Crippen molar-refractivity contribution in [2.24, 2.45) is 0 Å². The molecule has 0 aliphatic rings. The Labute approximate surface area is 121 Å². The molecule has 0 fully saturated rings. The summed E-state index contributed by atoms with van der Waals surface area (Å²) in [5.41, 5.74) is 1.31. The van der Waals surface area contributed by atoms with E-state index in [1.807, 2.05) is 36.4 Å². The summed E-state index contributed by atoms with van der Waals surface area (Å²) in [5.74, 6) is 0. The molecule has 0 heterocycles. The van der Waals surface area contributed by atoms with Crippen molar-refractivity contribution in [2.45, 2.75) is 4.96 Å². The molecule has 0 saturated carbocycles. The Balaban J connectivity index is 2.19. The monoisotopic (exact) mass is 294 g/mol. The van der Waals surface area contributed by atoms with Gasteiger partial charge in [0.2, 0.25) is 0 Å². The number of nitrogens with zero attached hydrogens (tertiary/aromatic N) is 1. The van der Waals surface area contributed by atoms with E-state index in [-0.39, 0.29) is 6.03 Å². The van der Waals surface area contributed by atoms with E-state index in [0.29, 0.717) is 11.4 Å². The minimum Gasteiger partial charge on any atom is -0.307 e. The number of rotatable bonds is 3. The van der Waals surface area contributed by atoms with Crippen LogP contribution in [0.3, 0.4) is 0 Å². The van der Waals surface area contributed by atoms with Gasteiger partial charge in [0.1, 0.15) is 0 Å². The first-order valence-electron chi connectivity index (χ1n) is 5.67. The van der Waals surface area contributed by atoms with Crippen LogP contribution in [0.25, 0.3) is 0 Å². The number of hydrogen-bond donors (Lipinski definition) is 1. The number of anilines is 2. The van der Waals surface area contributed by atoms with Gasteiger partial charge in [-0.2, -0.15) is 0 Å². The van der Waals surface area contributed by atoms with Gasteiger partial charge in [-0.05, 0) is 24.3 Å². The lowest BCUT2D eigenvalue weighted by molar-refractivity contribution is 0.257. The van der Waals surface area contributed by atoms with E-state index in [1.54, 1.807) is 24.3 Å². The first-order valence-corrected chi connectivity index (χ1v) is 6.54. The summed E-state index contributed by atoms with van der Waals surface area (Å²) < 4.78 is 0. The Morgan fingerprint density at radius 2 is 1.47 bits per heavy atom. The first kappa shape index (κ1) is 13.7. The molecule has 0 aliphatic carbocycles. The van der Waals surface area contributed by atoms with E-state index < -0.39 is 4.96 Å². The fraction of sp³-hybridized carbons (Fsp3) is 0.0714. The average Bonchev–Trinajstić information content (AvgIpc) is 2.40. The SMILES string of the molecule is O=C(Nc1ccccc1)N(c1ccccc1)C(Cl)Cl. The van der Waals surface area contributed by atoms with Gasteiger partial charge in [-0.15, -0.1) is 0 Å². The van der Waals surface area contributed by atoms with Gasteiger partial charge in [-0.1, -0.05) is 59.6 Å². The zero-order valence-corrected chi connectivity index (χ0v) is 11.5. The molecule has 1 N–H and O–H groups in total. The molecule has 0 spiro atoms. The second-order valence-corrected chi connectivity index (χ2v) is 4.83. The predicted octanol–water partition coefficient (Wildman–Crippen LogP) is 4.49. The third kappa shape index (κ3) is 3.63. The van der Waals surface area contributed by atoms with Gasteiger partial charge in [0.15, 0.2) is 4.96 Å². The lowest BCUT2D eigenvalue weighted by atomic mass is 10.3. The van der Waals surface area contributed by atoms with Crippen LogP contribution in [0.15, 0.2) is 60.7 Å². The minimum absolute atomic E-state index is 0.382. The summed E-state index contributed by atoms with van der Waals surface area (Å²) in [5, 5.41) is 2.74. The maximum atomic E-state index is 12.2. The maximum Gasteiger partial charge on any atom is 0.328 e. The number of carbonyl (C=O) groups is 1. The van der Waals surface area contributed by atoms with Crippen LogP contribution in [0.2, 0.25) is 0 Å². The number of hydrogen-bond acceptors (Lipinski definition) is 1. The second-order valence-electron chi connectivity index (χ2n) is 3.78. The highest BCUT2D eigenvalue weighted by atomic mass is 35.5. The third-order valence-electron chi connectivity index (χ3n) is 2.47. The third-order valence-corrected chi connectivity index (χ3v) is 2.86. The predicted molar refractivity (Wildman–Crippen MR) is 79.9 cm³/mol. The van der Waals surface area contributed by atoms with Crippen LogP contribution < -0.4 is 10.2 Å². The fourth-order valence-corrected chi connectivity index (χ4v) is 2.02. The smallest absolute Gasteiger partial charge is 0.307 e. The normalized spacial score (nSPS) is 10.3. The van der Waals surface area contributed by atoms with Crippen LogP contribution in [0, 0.1) is 0 Å². The molecule has 0 aromatic heterocycles. The molecule has 0 aliphatic heterocycles. The van der Waals surface area contributed by atoms with E-state index in [9.17, 15) is 4.79 Å². The molecule has 2 aromatic carbocycles. The molecular weight excluding hydrogens is 283 g/mol. The summed E-state index contributed by atoms with van der Waals surface area (Å²) in [6.07, 6.45) is 0. The van der Waals surface area contributed by atoms with Crippen molar-refractivity contribution in [1.82, 2.24) is 0 Å². The van der Waals surface area contributed by atoms with Crippen molar-refractivity contribution >= 4 is 40.6 Å². The minimum atomic E-state index is -0.967. The Bertz CT molecular complexity index is 532. The molecule has 0 unspecified atom stereocenters. The molecular formula is C14H12Cl2N2O. The van der Waals surface area contributed by atoms with Crippen molar-refractivity contribution in [3.8, 4) is 0 Å². The summed E-state index contributed by atoms with van der Waals surface area (Å²) in [6.45, 7) is 0. The topological polar surface area (TPSA) is 32.3 Å². The van der Waals surface area contributed by atoms with Crippen molar-refractivity contribution in [1.29, 1.82) is 0 Å². The first-order chi connectivity index (χ1) is 9.18. The van der Waals surface area contributed by atoms with Gasteiger partial charge in [0.05, 0.1) is 0 Å². The molecule has 5 heteroatoms. The molecule has 0 atom stereocenters. The molecule has 98 valence electrons. The second kappa shape index (κ2) is 6.45. The summed E-state index contributed by atoms with van der Waals surface area (Å²) in [6, 6.07) is 17.8. The molecule has 2 rings (SSSR count). The highest BCUT2D eigenvalue weighted by Crippen LogP contribution is 2.22. The van der Waals surface area contributed by atoms with Crippen molar-refractivity contribution < 1.29 is 4.79 Å². The average molecular weight is 295 g/mol. The summed E-state index contributed by atoms with van der Waals surface area (Å²) >= 11 is 11.7. The number of amides is 2. The van der Waals surface area contributed by atoms with E-state index in [0.717, 1.165) is 0 Å². The number of urea groups is 1. The fourth-order valence-electron chi connectivity index (χ4n) is 1.61. The highest BCUT2D eigenvalue weighted by molar-refractivity contribution is 6.47. The maximum absolute atomic E-state index is 12.2. The summed E-state index contributed by atoms with van der Waals surface area (Å²) in [7, 11) is 0. The Hall–Kier alpha value is -1.71. The van der Waals surface area contributed by atoms with Gasteiger partial charge in [0, 0.05) is 11.4 Å². The number of para-hydroxylation sites is 2. The van der Waals surface area contributed by atoms with E-state index in [2.05, 4.69) is 5.32 Å². The van der Waals surface area contributed by atoms with Gasteiger partial charge >= 0.3 is 6.03 Å². The number of nitrogens with one attached hydrogen (secondary N) is 1. The van der Waals surface area contributed by atoms with Gasteiger partial charge < -0.3 is 5.32 Å². The van der Waals surface area contributed by atoms with Crippen LogP contribution in [-0.2, 0) is 0 Å². The zero-order valence-electron chi connectivity index (χ0n) is 9.96. The van der Waals surface area contributed by atoms with Gasteiger partial charge in [0.25, 0.3) is 0 Å². The number of carbonyl (C=O) groups excluding carboxylic acids is 1. The number of halogens is 2. The lowest BCUT2D eigenvalue weighted by Gasteiger charge is -2.24. The van der Waals surface area contributed by atoms with Crippen LogP contribution >= 0.6 is 23.2 Å². The highest BCUT2D eigenvalue weighted by Gasteiger charge is 2.21. The molecule has 3 nitrogen and oxygen atoms in total. The number of benzene rings is 2. The molecule has 0 bridgehead atoms. The zero-order chi connectivity index (χ0) is 13.7. The lowest BCUT2D eigenvalue weighted by Crippen LogP contribution is -2.37. The van der Waals surface area contributed by atoms with Crippen molar-refractivity contribution in [3.63, 3.8) is 0 Å². The van der Waals surface area contributed by atoms with Crippen molar-refractivity contribution in [2.75, 3.05) is 10.2 Å². The Kier molecular flexibility index (Phi) is 4.66. The van der Waals surface area contributed by atoms with Crippen LogP contribution in [0.1, 0.15) is 0 Å². The van der Waals surface area contributed by atoms with Crippen LogP contribution in [0.5, 0.6) is 0 Å². The Morgan fingerprint density at radius 1 is 0.947 bits per heavy atom. The van der Waals surface area contributed by atoms with Gasteiger partial charge in [-0.3, -0.25) is 4.90 Å². The van der Waals surface area contributed by atoms with Gasteiger partial charge in [-0.25, -0.2) is 4.79 Å². The van der Waals surface area contributed by atoms with Crippen LogP contribution in [-0.4, -0.2) is 11.0 Å². The van der Waals surface area contributed by atoms with E-state index in [4.69, 9.17) is 23.2 Å². The molecule has 19 heavy (non-hydrogen) atoms.